The van der Waals surface area contributed by atoms with E-state index in [0.717, 1.165) is 44.6 Å². The molecule has 1 amide bonds. The molecule has 4 atom stereocenters. The van der Waals surface area contributed by atoms with Crippen LogP contribution in [0.4, 0.5) is 19.0 Å². The number of fused-ring (bicyclic) bond motifs is 1. The molecule has 1 saturated carbocycles. The molecule has 0 aromatic carbocycles. The van der Waals surface area contributed by atoms with E-state index in [1.54, 1.807) is 0 Å². The zero-order valence-corrected chi connectivity index (χ0v) is 16.6. The molecule has 156 valence electrons. The van der Waals surface area contributed by atoms with Crippen LogP contribution in [0.15, 0.2) is 18.3 Å². The highest BCUT2D eigenvalue weighted by molar-refractivity contribution is 5.79. The minimum absolute atomic E-state index is 0.251. The summed E-state index contributed by atoms with van der Waals surface area (Å²) in [6.07, 6.45) is -0.685. The number of pyridine rings is 1. The molecular weight excluding hydrogens is 369 g/mol. The van der Waals surface area contributed by atoms with Gasteiger partial charge in [-0.25, -0.2) is 4.98 Å². The minimum atomic E-state index is -4.37. The van der Waals surface area contributed by atoms with Gasteiger partial charge in [-0.3, -0.25) is 9.69 Å². The second-order valence-electron chi connectivity index (χ2n) is 8.59. The predicted octanol–water partition coefficient (Wildman–Crippen LogP) is 3.15. The third-order valence-electron chi connectivity index (χ3n) is 6.26. The van der Waals surface area contributed by atoms with E-state index < -0.39 is 11.7 Å². The lowest BCUT2D eigenvalue weighted by atomic mass is 9.94. The van der Waals surface area contributed by atoms with Crippen molar-refractivity contribution in [3.05, 3.63) is 23.9 Å². The maximum Gasteiger partial charge on any atom is 0.417 e. The Labute approximate surface area is 164 Å². The van der Waals surface area contributed by atoms with Crippen LogP contribution in [-0.4, -0.2) is 48.0 Å². The molecule has 28 heavy (non-hydrogen) atoms. The monoisotopic (exact) mass is 398 g/mol. The van der Waals surface area contributed by atoms with E-state index in [0.29, 0.717) is 23.6 Å². The van der Waals surface area contributed by atoms with Gasteiger partial charge in [-0.15, -0.1) is 0 Å². The van der Waals surface area contributed by atoms with Gasteiger partial charge in [-0.2, -0.15) is 13.2 Å². The number of nitrogens with two attached hydrogens (primary N) is 1. The Hall–Kier alpha value is -1.83. The molecule has 2 fully saturated rings. The Bertz CT molecular complexity index is 692. The number of rotatable bonds is 6. The van der Waals surface area contributed by atoms with Gasteiger partial charge in [0.2, 0.25) is 5.91 Å². The van der Waals surface area contributed by atoms with Crippen molar-refractivity contribution in [2.75, 3.05) is 25.0 Å². The Kier molecular flexibility index (Phi) is 5.89. The summed E-state index contributed by atoms with van der Waals surface area (Å²) in [6, 6.07) is 2.50. The second kappa shape index (κ2) is 7.89. The lowest BCUT2D eigenvalue weighted by Gasteiger charge is -2.35. The summed E-state index contributed by atoms with van der Waals surface area (Å²) in [5, 5.41) is 0. The Morgan fingerprint density at radius 3 is 2.57 bits per heavy atom. The zero-order valence-electron chi connectivity index (χ0n) is 16.6. The Morgan fingerprint density at radius 1 is 1.32 bits per heavy atom. The van der Waals surface area contributed by atoms with E-state index in [1.807, 2.05) is 7.05 Å². The Morgan fingerprint density at radius 2 is 2.04 bits per heavy atom. The van der Waals surface area contributed by atoms with Gasteiger partial charge < -0.3 is 10.6 Å². The standard InChI is InChI=1S/C20H29F3N4O/c1-12(2)8-17(19(24)28)26(3)16-6-4-13-10-27(11-15(13)16)18-7-5-14(9-25-18)20(21,22)23/h5,7,9,12-13,15-17H,4,6,8,10-11H2,1-3H3,(H2,24,28)/t13-,15?,16?,17?/m0/s1. The molecule has 1 aromatic heterocycles. The molecule has 2 aliphatic rings. The fourth-order valence-electron chi connectivity index (χ4n) is 4.83. The van der Waals surface area contributed by atoms with Crippen molar-refractivity contribution < 1.29 is 18.0 Å². The van der Waals surface area contributed by atoms with Crippen molar-refractivity contribution in [3.63, 3.8) is 0 Å². The normalized spacial score (nSPS) is 26.1. The van der Waals surface area contributed by atoms with Crippen molar-refractivity contribution in [2.24, 2.45) is 23.5 Å². The molecule has 8 heteroatoms. The highest BCUT2D eigenvalue weighted by atomic mass is 19.4. The number of primary amides is 1. The van der Waals surface area contributed by atoms with Gasteiger partial charge in [0.25, 0.3) is 0 Å². The van der Waals surface area contributed by atoms with Gasteiger partial charge in [0.15, 0.2) is 0 Å². The first-order chi connectivity index (χ1) is 13.1. The summed E-state index contributed by atoms with van der Waals surface area (Å²) in [4.78, 5) is 20.2. The second-order valence-corrected chi connectivity index (χ2v) is 8.59. The molecular formula is C20H29F3N4O. The highest BCUT2D eigenvalue weighted by Crippen LogP contribution is 2.42. The summed E-state index contributed by atoms with van der Waals surface area (Å²) >= 11 is 0. The molecule has 2 heterocycles. The Balaban J connectivity index is 1.70. The first-order valence-electron chi connectivity index (χ1n) is 9.87. The first kappa shape index (κ1) is 20.9. The number of hydrogen-bond donors (Lipinski definition) is 1. The topological polar surface area (TPSA) is 62.5 Å². The van der Waals surface area contributed by atoms with Gasteiger partial charge >= 0.3 is 6.18 Å². The lowest BCUT2D eigenvalue weighted by molar-refractivity contribution is -0.137. The predicted molar refractivity (Wildman–Crippen MR) is 102 cm³/mol. The van der Waals surface area contributed by atoms with E-state index >= 15 is 0 Å². The molecule has 3 rings (SSSR count). The minimum Gasteiger partial charge on any atom is -0.368 e. The van der Waals surface area contributed by atoms with Gasteiger partial charge in [0, 0.05) is 25.3 Å². The van der Waals surface area contributed by atoms with E-state index in [1.165, 1.54) is 6.07 Å². The summed E-state index contributed by atoms with van der Waals surface area (Å²) in [5.41, 5.74) is 4.94. The van der Waals surface area contributed by atoms with Crippen LogP contribution in [0.2, 0.25) is 0 Å². The van der Waals surface area contributed by atoms with Gasteiger partial charge in [-0.1, -0.05) is 13.8 Å². The molecule has 5 nitrogen and oxygen atoms in total. The number of hydrogen-bond acceptors (Lipinski definition) is 4. The van der Waals surface area contributed by atoms with E-state index in [4.69, 9.17) is 5.73 Å². The summed E-state index contributed by atoms with van der Waals surface area (Å²) in [5.74, 6) is 1.48. The number of alkyl halides is 3. The van der Waals surface area contributed by atoms with Crippen molar-refractivity contribution in [1.82, 2.24) is 9.88 Å². The average molecular weight is 398 g/mol. The number of amides is 1. The quantitative estimate of drug-likeness (QED) is 0.800. The summed E-state index contributed by atoms with van der Waals surface area (Å²) in [6.45, 7) is 5.69. The average Bonchev–Trinajstić information content (AvgIpc) is 3.18. The molecule has 0 radical (unpaired) electrons. The number of likely N-dealkylation sites (N-methyl/N-ethyl adjacent to an activating group) is 1. The van der Waals surface area contributed by atoms with E-state index in [2.05, 4.69) is 28.6 Å². The number of aromatic nitrogens is 1. The third-order valence-corrected chi connectivity index (χ3v) is 6.26. The van der Waals surface area contributed by atoms with Crippen LogP contribution in [0.5, 0.6) is 0 Å². The van der Waals surface area contributed by atoms with Gasteiger partial charge in [0.1, 0.15) is 5.82 Å². The first-order valence-corrected chi connectivity index (χ1v) is 9.87. The van der Waals surface area contributed by atoms with Crippen molar-refractivity contribution in [3.8, 4) is 0 Å². The number of carbonyl (C=O) groups excluding carboxylic acids is 1. The molecule has 1 saturated heterocycles. The maximum atomic E-state index is 12.8. The number of halogens is 3. The van der Waals surface area contributed by atoms with Crippen LogP contribution in [0.1, 0.15) is 38.7 Å². The molecule has 3 unspecified atom stereocenters. The maximum absolute atomic E-state index is 12.8. The molecule has 2 N–H and O–H groups in total. The summed E-state index contributed by atoms with van der Waals surface area (Å²) in [7, 11) is 1.98. The van der Waals surface area contributed by atoms with Crippen molar-refractivity contribution in [1.29, 1.82) is 0 Å². The van der Waals surface area contributed by atoms with Crippen molar-refractivity contribution >= 4 is 11.7 Å². The van der Waals surface area contributed by atoms with Crippen LogP contribution >= 0.6 is 0 Å². The van der Waals surface area contributed by atoms with Crippen LogP contribution < -0.4 is 10.6 Å². The molecule has 0 bridgehead atoms. The number of carbonyl (C=O) groups is 1. The molecule has 1 aliphatic heterocycles. The summed E-state index contributed by atoms with van der Waals surface area (Å²) < 4.78 is 38.3. The van der Waals surface area contributed by atoms with Gasteiger partial charge in [0.05, 0.1) is 11.6 Å². The van der Waals surface area contributed by atoms with E-state index in [9.17, 15) is 18.0 Å². The fourth-order valence-corrected chi connectivity index (χ4v) is 4.83. The molecule has 1 aliphatic carbocycles. The third kappa shape index (κ3) is 4.26. The van der Waals surface area contributed by atoms with Crippen molar-refractivity contribution in [2.45, 2.75) is 51.4 Å². The number of anilines is 1. The van der Waals surface area contributed by atoms with Crippen LogP contribution in [0.3, 0.4) is 0 Å². The van der Waals surface area contributed by atoms with Crippen LogP contribution in [0, 0.1) is 17.8 Å². The number of nitrogens with zero attached hydrogens (tertiary/aromatic N) is 3. The van der Waals surface area contributed by atoms with Crippen LogP contribution in [0.25, 0.3) is 0 Å². The van der Waals surface area contributed by atoms with E-state index in [-0.39, 0.29) is 18.0 Å². The molecule has 1 aromatic rings. The smallest absolute Gasteiger partial charge is 0.368 e. The zero-order chi connectivity index (χ0) is 20.6. The SMILES string of the molecule is CC(C)CC(C(N)=O)N(C)C1CC[C@H]2CN(c3ccc(C(F)(F)F)cn3)CC12. The van der Waals surface area contributed by atoms with Crippen LogP contribution in [-0.2, 0) is 11.0 Å². The highest BCUT2D eigenvalue weighted by Gasteiger charge is 2.46. The van der Waals surface area contributed by atoms with Gasteiger partial charge in [-0.05, 0) is 56.2 Å². The molecule has 0 spiro atoms. The largest absolute Gasteiger partial charge is 0.417 e. The lowest BCUT2D eigenvalue weighted by Crippen LogP contribution is -2.50. The fraction of sp³-hybridized carbons (Fsp3) is 0.700.